The maximum atomic E-state index is 12.5. The molecule has 0 spiro atoms. The van der Waals surface area contributed by atoms with Crippen LogP contribution in [0.2, 0.25) is 0 Å². The van der Waals surface area contributed by atoms with Crippen LogP contribution in [0.15, 0.2) is 36.5 Å². The highest BCUT2D eigenvalue weighted by atomic mass is 32.2. The van der Waals surface area contributed by atoms with Crippen molar-refractivity contribution in [2.75, 3.05) is 18.1 Å². The Hall–Kier alpha value is -1.82. The number of sulfone groups is 1. The van der Waals surface area contributed by atoms with Crippen molar-refractivity contribution in [2.45, 2.75) is 32.4 Å². The second-order valence-corrected chi connectivity index (χ2v) is 8.28. The number of benzene rings is 1. The number of para-hydroxylation sites is 1. The number of nitrogens with zero attached hydrogens (tertiary/aromatic N) is 2. The molecule has 0 N–H and O–H groups in total. The lowest BCUT2D eigenvalue weighted by Crippen LogP contribution is -2.41. The molecule has 0 radical (unpaired) electrons. The van der Waals surface area contributed by atoms with E-state index in [4.69, 9.17) is 0 Å². The molecule has 5 nitrogen and oxygen atoms in total. The van der Waals surface area contributed by atoms with E-state index < -0.39 is 9.84 Å². The summed E-state index contributed by atoms with van der Waals surface area (Å²) in [6, 6.07) is 9.97. The van der Waals surface area contributed by atoms with Gasteiger partial charge in [0.2, 0.25) is 5.91 Å². The first-order valence-electron chi connectivity index (χ1n) is 8.04. The third kappa shape index (κ3) is 3.42. The van der Waals surface area contributed by atoms with Crippen molar-refractivity contribution >= 4 is 26.6 Å². The van der Waals surface area contributed by atoms with Crippen LogP contribution >= 0.6 is 0 Å². The molecule has 0 unspecified atom stereocenters. The van der Waals surface area contributed by atoms with Gasteiger partial charge in [-0.15, -0.1) is 0 Å². The molecular formula is C17H22N2O3S. The summed E-state index contributed by atoms with van der Waals surface area (Å²) in [5.74, 6) is 0.343. The summed E-state index contributed by atoms with van der Waals surface area (Å²) in [6.07, 6.45) is 2.95. The third-order valence-corrected chi connectivity index (χ3v) is 6.31. The van der Waals surface area contributed by atoms with Crippen molar-refractivity contribution in [1.29, 1.82) is 0 Å². The Morgan fingerprint density at radius 2 is 2.09 bits per heavy atom. The number of carbonyl (C=O) groups excluding carboxylic acids is 1. The molecule has 1 aromatic heterocycles. The zero-order chi connectivity index (χ0) is 16.4. The molecule has 1 aliphatic rings. The van der Waals surface area contributed by atoms with Crippen LogP contribution in [0.4, 0.5) is 0 Å². The lowest BCUT2D eigenvalue weighted by Gasteiger charge is -2.27. The molecule has 1 amide bonds. The zero-order valence-corrected chi connectivity index (χ0v) is 14.1. The summed E-state index contributed by atoms with van der Waals surface area (Å²) in [5.41, 5.74) is 1.12. The Bertz CT molecular complexity index is 810. The molecular weight excluding hydrogens is 312 g/mol. The van der Waals surface area contributed by atoms with E-state index in [0.29, 0.717) is 25.9 Å². The van der Waals surface area contributed by atoms with Gasteiger partial charge >= 0.3 is 0 Å². The van der Waals surface area contributed by atoms with E-state index in [-0.39, 0.29) is 23.5 Å². The maximum Gasteiger partial charge on any atom is 0.224 e. The molecule has 0 bridgehead atoms. The molecule has 1 aliphatic heterocycles. The summed E-state index contributed by atoms with van der Waals surface area (Å²) in [5, 5.41) is 1.16. The van der Waals surface area contributed by atoms with Crippen LogP contribution in [-0.4, -0.2) is 47.9 Å². The summed E-state index contributed by atoms with van der Waals surface area (Å²) in [4.78, 5) is 14.3. The molecule has 3 rings (SSSR count). The highest BCUT2D eigenvalue weighted by Crippen LogP contribution is 2.19. The van der Waals surface area contributed by atoms with Crippen LogP contribution in [0.5, 0.6) is 0 Å². The smallest absolute Gasteiger partial charge is 0.224 e. The summed E-state index contributed by atoms with van der Waals surface area (Å²) < 4.78 is 25.3. The van der Waals surface area contributed by atoms with Gasteiger partial charge in [-0.2, -0.15) is 0 Å². The monoisotopic (exact) mass is 334 g/mol. The van der Waals surface area contributed by atoms with Crippen molar-refractivity contribution in [3.63, 3.8) is 0 Å². The fraction of sp³-hybridized carbons (Fsp3) is 0.471. The first kappa shape index (κ1) is 16.1. The van der Waals surface area contributed by atoms with E-state index in [1.807, 2.05) is 37.4 Å². The number of carbonyl (C=O) groups is 1. The fourth-order valence-corrected chi connectivity index (χ4v) is 5.09. The van der Waals surface area contributed by atoms with Crippen LogP contribution in [0.3, 0.4) is 0 Å². The van der Waals surface area contributed by atoms with Crippen LogP contribution in [-0.2, 0) is 21.2 Å². The average molecular weight is 334 g/mol. The van der Waals surface area contributed by atoms with Gasteiger partial charge in [0.15, 0.2) is 9.84 Å². The Morgan fingerprint density at radius 1 is 1.30 bits per heavy atom. The van der Waals surface area contributed by atoms with E-state index in [0.717, 1.165) is 10.9 Å². The Morgan fingerprint density at radius 3 is 2.78 bits per heavy atom. The molecule has 1 saturated heterocycles. The molecule has 6 heteroatoms. The van der Waals surface area contributed by atoms with Crippen molar-refractivity contribution in [3.05, 3.63) is 36.5 Å². The van der Waals surface area contributed by atoms with Gasteiger partial charge in [-0.1, -0.05) is 18.2 Å². The molecule has 2 heterocycles. The topological polar surface area (TPSA) is 59.4 Å². The van der Waals surface area contributed by atoms with Gasteiger partial charge in [0.05, 0.1) is 11.5 Å². The SMILES string of the molecule is CCN(C(=O)CCn1ccc2ccccc21)[C@@H]1CCS(=O)(=O)C1. The van der Waals surface area contributed by atoms with E-state index in [9.17, 15) is 13.2 Å². The zero-order valence-electron chi connectivity index (χ0n) is 13.3. The molecule has 23 heavy (non-hydrogen) atoms. The molecule has 1 aromatic carbocycles. The maximum absolute atomic E-state index is 12.5. The minimum atomic E-state index is -2.97. The van der Waals surface area contributed by atoms with Crippen molar-refractivity contribution < 1.29 is 13.2 Å². The van der Waals surface area contributed by atoms with Crippen LogP contribution < -0.4 is 0 Å². The van der Waals surface area contributed by atoms with Gasteiger partial charge in [0.25, 0.3) is 0 Å². The van der Waals surface area contributed by atoms with Crippen molar-refractivity contribution in [3.8, 4) is 0 Å². The minimum absolute atomic E-state index is 0.0346. The van der Waals surface area contributed by atoms with Gasteiger partial charge < -0.3 is 9.47 Å². The molecule has 1 fully saturated rings. The largest absolute Gasteiger partial charge is 0.347 e. The van der Waals surface area contributed by atoms with Crippen LogP contribution in [0.1, 0.15) is 19.8 Å². The Kier molecular flexibility index (Phi) is 4.43. The lowest BCUT2D eigenvalue weighted by molar-refractivity contribution is -0.133. The number of rotatable bonds is 5. The predicted molar refractivity (Wildman–Crippen MR) is 91.0 cm³/mol. The highest BCUT2D eigenvalue weighted by Gasteiger charge is 2.33. The van der Waals surface area contributed by atoms with Gasteiger partial charge in [-0.05, 0) is 30.9 Å². The minimum Gasteiger partial charge on any atom is -0.347 e. The number of aryl methyl sites for hydroxylation is 1. The molecule has 124 valence electrons. The Labute approximate surface area is 136 Å². The molecule has 1 atom stereocenters. The molecule has 0 aliphatic carbocycles. The first-order valence-corrected chi connectivity index (χ1v) is 9.86. The number of amides is 1. The van der Waals surface area contributed by atoms with Gasteiger partial charge in [0, 0.05) is 37.3 Å². The van der Waals surface area contributed by atoms with Crippen molar-refractivity contribution in [1.82, 2.24) is 9.47 Å². The average Bonchev–Trinajstić information content (AvgIpc) is 3.09. The highest BCUT2D eigenvalue weighted by molar-refractivity contribution is 7.91. The number of aromatic nitrogens is 1. The van der Waals surface area contributed by atoms with E-state index in [2.05, 4.69) is 10.6 Å². The second kappa shape index (κ2) is 6.35. The summed E-state index contributed by atoms with van der Waals surface area (Å²) in [7, 11) is -2.97. The summed E-state index contributed by atoms with van der Waals surface area (Å²) >= 11 is 0. The van der Waals surface area contributed by atoms with E-state index >= 15 is 0 Å². The standard InChI is InChI=1S/C17H22N2O3S/c1-2-19(15-9-12-23(21,22)13-15)17(20)8-11-18-10-7-14-5-3-4-6-16(14)18/h3-7,10,15H,2,8-9,11-13H2,1H3/t15-/m1/s1. The third-order valence-electron chi connectivity index (χ3n) is 4.56. The van der Waals surface area contributed by atoms with Crippen LogP contribution in [0, 0.1) is 0 Å². The molecule has 0 saturated carbocycles. The van der Waals surface area contributed by atoms with Crippen LogP contribution in [0.25, 0.3) is 10.9 Å². The lowest BCUT2D eigenvalue weighted by atomic mass is 10.2. The molecule has 2 aromatic rings. The Balaban J connectivity index is 1.66. The normalized spacial score (nSPS) is 20.0. The first-order chi connectivity index (χ1) is 11.0. The second-order valence-electron chi connectivity index (χ2n) is 6.05. The van der Waals surface area contributed by atoms with E-state index in [1.165, 1.54) is 0 Å². The quantitative estimate of drug-likeness (QED) is 0.841. The van der Waals surface area contributed by atoms with Crippen molar-refractivity contribution in [2.24, 2.45) is 0 Å². The van der Waals surface area contributed by atoms with E-state index in [1.54, 1.807) is 4.90 Å². The summed E-state index contributed by atoms with van der Waals surface area (Å²) in [6.45, 7) is 3.08. The number of fused-ring (bicyclic) bond motifs is 1. The number of hydrogen-bond acceptors (Lipinski definition) is 3. The predicted octanol–water partition coefficient (Wildman–Crippen LogP) is 2.07. The number of hydrogen-bond donors (Lipinski definition) is 0. The van der Waals surface area contributed by atoms with Gasteiger partial charge in [-0.25, -0.2) is 8.42 Å². The fourth-order valence-electron chi connectivity index (χ4n) is 3.35. The van der Waals surface area contributed by atoms with Gasteiger partial charge in [-0.3, -0.25) is 4.79 Å². The van der Waals surface area contributed by atoms with Gasteiger partial charge in [0.1, 0.15) is 0 Å².